The van der Waals surface area contributed by atoms with Gasteiger partial charge in [0.15, 0.2) is 0 Å². The minimum absolute atomic E-state index is 1.05. The minimum atomic E-state index is 1.05. The van der Waals surface area contributed by atoms with Crippen LogP contribution in [-0.2, 0) is 0 Å². The van der Waals surface area contributed by atoms with Crippen LogP contribution >= 0.6 is 25.3 Å². The van der Waals surface area contributed by atoms with Crippen LogP contribution in [0.5, 0.6) is 0 Å². The van der Waals surface area contributed by atoms with Crippen LogP contribution in [0.25, 0.3) is 21.5 Å². The van der Waals surface area contributed by atoms with E-state index in [1.54, 1.807) is 0 Å². The van der Waals surface area contributed by atoms with E-state index in [0.29, 0.717) is 0 Å². The second-order valence-electron chi connectivity index (χ2n) is 5.66. The monoisotopic (exact) mass is 298 g/mol. The van der Waals surface area contributed by atoms with E-state index in [4.69, 9.17) is 25.3 Å². The molecule has 0 saturated carbocycles. The van der Waals surface area contributed by atoms with Gasteiger partial charge in [0.05, 0.1) is 0 Å². The molecule has 3 aromatic rings. The van der Waals surface area contributed by atoms with Gasteiger partial charge in [-0.05, 0) is 95.8 Å². The van der Waals surface area contributed by atoms with Gasteiger partial charge >= 0.3 is 0 Å². The Hall–Kier alpha value is -1.12. The van der Waals surface area contributed by atoms with Crippen molar-refractivity contribution in [3.8, 4) is 0 Å². The molecule has 0 nitrogen and oxygen atoms in total. The van der Waals surface area contributed by atoms with Crippen molar-refractivity contribution in [3.63, 3.8) is 0 Å². The van der Waals surface area contributed by atoms with Crippen molar-refractivity contribution in [2.75, 3.05) is 0 Å². The largest absolute Gasteiger partial charge is 0.142 e. The molecule has 0 aromatic heterocycles. The molecule has 0 N–H and O–H groups in total. The normalized spacial score (nSPS) is 11.5. The van der Waals surface area contributed by atoms with Gasteiger partial charge in [-0.15, -0.1) is 25.3 Å². The predicted octanol–water partition coefficient (Wildman–Crippen LogP) is 5.80. The smallest absolute Gasteiger partial charge is 0.0198 e. The SMILES string of the molecule is Cc1cc2c(S)c3cc(C)c(C)cc3c(S)c2cc1C. The molecule has 20 heavy (non-hydrogen) atoms. The lowest BCUT2D eigenvalue weighted by atomic mass is 9.96. The molecule has 0 atom stereocenters. The van der Waals surface area contributed by atoms with Crippen molar-refractivity contribution in [2.45, 2.75) is 37.5 Å². The molecule has 0 saturated heterocycles. The summed E-state index contributed by atoms with van der Waals surface area (Å²) < 4.78 is 0. The highest BCUT2D eigenvalue weighted by Gasteiger charge is 2.12. The Morgan fingerprint density at radius 2 is 0.700 bits per heavy atom. The Kier molecular flexibility index (Phi) is 3.26. The van der Waals surface area contributed by atoms with E-state index in [0.717, 1.165) is 9.79 Å². The lowest BCUT2D eigenvalue weighted by Crippen LogP contribution is -1.90. The van der Waals surface area contributed by atoms with Crippen molar-refractivity contribution in [3.05, 3.63) is 46.5 Å². The molecular formula is C18H18S2. The summed E-state index contributed by atoms with van der Waals surface area (Å²) in [6.07, 6.45) is 0. The third kappa shape index (κ3) is 1.94. The summed E-state index contributed by atoms with van der Waals surface area (Å²) in [5.74, 6) is 0. The molecule has 0 aliphatic carbocycles. The third-order valence-electron chi connectivity index (χ3n) is 4.29. The Morgan fingerprint density at radius 1 is 0.500 bits per heavy atom. The zero-order valence-electron chi connectivity index (χ0n) is 12.2. The number of aryl methyl sites for hydroxylation is 4. The maximum atomic E-state index is 4.79. The molecule has 0 aliphatic rings. The maximum Gasteiger partial charge on any atom is 0.0198 e. The van der Waals surface area contributed by atoms with Gasteiger partial charge < -0.3 is 0 Å². The number of hydrogen-bond acceptors (Lipinski definition) is 2. The molecule has 0 heterocycles. The van der Waals surface area contributed by atoms with E-state index in [1.807, 2.05) is 0 Å². The van der Waals surface area contributed by atoms with Gasteiger partial charge in [0.1, 0.15) is 0 Å². The van der Waals surface area contributed by atoms with Crippen LogP contribution in [0.3, 0.4) is 0 Å². The second kappa shape index (κ2) is 4.71. The summed E-state index contributed by atoms with van der Waals surface area (Å²) in [6.45, 7) is 8.57. The van der Waals surface area contributed by atoms with E-state index < -0.39 is 0 Å². The molecule has 0 spiro atoms. The quantitative estimate of drug-likeness (QED) is 0.380. The molecule has 0 fully saturated rings. The zero-order valence-corrected chi connectivity index (χ0v) is 14.0. The topological polar surface area (TPSA) is 0 Å². The second-order valence-corrected chi connectivity index (χ2v) is 6.56. The van der Waals surface area contributed by atoms with E-state index in [9.17, 15) is 0 Å². The average Bonchev–Trinajstić information content (AvgIpc) is 2.41. The van der Waals surface area contributed by atoms with Gasteiger partial charge in [-0.1, -0.05) is 0 Å². The highest BCUT2D eigenvalue weighted by Crippen LogP contribution is 2.39. The van der Waals surface area contributed by atoms with Crippen molar-refractivity contribution < 1.29 is 0 Å². The number of benzene rings is 3. The van der Waals surface area contributed by atoms with Gasteiger partial charge in [0, 0.05) is 9.79 Å². The molecule has 2 heteroatoms. The Balaban J connectivity index is 2.60. The lowest BCUT2D eigenvalue weighted by molar-refractivity contribution is 1.33. The Bertz CT molecular complexity index is 720. The summed E-state index contributed by atoms with van der Waals surface area (Å²) in [5.41, 5.74) is 5.18. The summed E-state index contributed by atoms with van der Waals surface area (Å²) in [4.78, 5) is 2.11. The van der Waals surface area contributed by atoms with Crippen molar-refractivity contribution in [2.24, 2.45) is 0 Å². The van der Waals surface area contributed by atoms with Gasteiger partial charge in [0.2, 0.25) is 0 Å². The standard InChI is InChI=1S/C18H18S2/c1-9-5-13-14(6-10(9)2)18(20)16-8-12(4)11(3)7-15(16)17(13)19/h5-8,19-20H,1-4H3. The lowest BCUT2D eigenvalue weighted by Gasteiger charge is -2.14. The highest BCUT2D eigenvalue weighted by atomic mass is 32.1. The fourth-order valence-corrected chi connectivity index (χ4v) is 3.45. The maximum absolute atomic E-state index is 4.79. The summed E-state index contributed by atoms with van der Waals surface area (Å²) >= 11 is 9.59. The van der Waals surface area contributed by atoms with E-state index in [-0.39, 0.29) is 0 Å². The molecule has 0 amide bonds. The first-order valence-electron chi connectivity index (χ1n) is 6.76. The van der Waals surface area contributed by atoms with Crippen LogP contribution in [0.4, 0.5) is 0 Å². The number of thiol groups is 2. The van der Waals surface area contributed by atoms with E-state index >= 15 is 0 Å². The fourth-order valence-electron chi connectivity index (χ4n) is 2.71. The first-order valence-corrected chi connectivity index (χ1v) is 7.65. The third-order valence-corrected chi connectivity index (χ3v) is 5.25. The first-order chi connectivity index (χ1) is 9.40. The Morgan fingerprint density at radius 3 is 0.900 bits per heavy atom. The predicted molar refractivity (Wildman–Crippen MR) is 94.9 cm³/mol. The molecule has 0 aliphatic heterocycles. The van der Waals surface area contributed by atoms with Crippen molar-refractivity contribution in [1.82, 2.24) is 0 Å². The molecule has 0 radical (unpaired) electrons. The van der Waals surface area contributed by atoms with E-state index in [1.165, 1.54) is 43.8 Å². The number of fused-ring (bicyclic) bond motifs is 2. The number of rotatable bonds is 0. The summed E-state index contributed by atoms with van der Waals surface area (Å²) in [6, 6.07) is 8.89. The molecule has 0 unspecified atom stereocenters. The van der Waals surface area contributed by atoms with Crippen LogP contribution < -0.4 is 0 Å². The molecule has 3 rings (SSSR count). The summed E-state index contributed by atoms with van der Waals surface area (Å²) in [7, 11) is 0. The fraction of sp³-hybridized carbons (Fsp3) is 0.222. The Labute approximate surface area is 131 Å². The van der Waals surface area contributed by atoms with Crippen LogP contribution in [0, 0.1) is 27.7 Å². The van der Waals surface area contributed by atoms with Crippen LogP contribution in [-0.4, -0.2) is 0 Å². The van der Waals surface area contributed by atoms with Crippen molar-refractivity contribution >= 4 is 46.8 Å². The average molecular weight is 298 g/mol. The highest BCUT2D eigenvalue weighted by molar-refractivity contribution is 7.81. The van der Waals surface area contributed by atoms with Gasteiger partial charge in [-0.3, -0.25) is 0 Å². The molecular weight excluding hydrogens is 280 g/mol. The molecule has 3 aromatic carbocycles. The molecule has 102 valence electrons. The first kappa shape index (κ1) is 13.8. The van der Waals surface area contributed by atoms with Gasteiger partial charge in [-0.2, -0.15) is 0 Å². The zero-order chi connectivity index (χ0) is 14.6. The van der Waals surface area contributed by atoms with Crippen molar-refractivity contribution in [1.29, 1.82) is 0 Å². The van der Waals surface area contributed by atoms with Crippen LogP contribution in [0.2, 0.25) is 0 Å². The van der Waals surface area contributed by atoms with Gasteiger partial charge in [0.25, 0.3) is 0 Å². The summed E-state index contributed by atoms with van der Waals surface area (Å²) in [5, 5.41) is 4.77. The van der Waals surface area contributed by atoms with E-state index in [2.05, 4.69) is 52.0 Å². The van der Waals surface area contributed by atoms with Crippen LogP contribution in [0.1, 0.15) is 22.3 Å². The minimum Gasteiger partial charge on any atom is -0.142 e. The van der Waals surface area contributed by atoms with Crippen LogP contribution in [0.15, 0.2) is 34.1 Å². The molecule has 0 bridgehead atoms. The number of hydrogen-bond donors (Lipinski definition) is 2. The van der Waals surface area contributed by atoms with Gasteiger partial charge in [-0.25, -0.2) is 0 Å².